The van der Waals surface area contributed by atoms with Crippen LogP contribution in [0, 0.1) is 12.7 Å². The molecule has 0 N–H and O–H groups in total. The highest BCUT2D eigenvalue weighted by Crippen LogP contribution is 2.37. The summed E-state index contributed by atoms with van der Waals surface area (Å²) in [6, 6.07) is 12.2. The number of hydrogen-bond acceptors (Lipinski definition) is 4. The van der Waals surface area contributed by atoms with Crippen LogP contribution in [0.25, 0.3) is 21.3 Å². The number of thiophene rings is 1. The number of aromatic nitrogens is 2. The van der Waals surface area contributed by atoms with Gasteiger partial charge in [0.2, 0.25) is 0 Å². The van der Waals surface area contributed by atoms with E-state index in [0.29, 0.717) is 28.2 Å². The molecule has 0 radical (unpaired) electrons. The van der Waals surface area contributed by atoms with Gasteiger partial charge in [-0.2, -0.15) is 0 Å². The molecule has 0 aliphatic heterocycles. The van der Waals surface area contributed by atoms with Crippen LogP contribution >= 0.6 is 11.3 Å². The number of hydrogen-bond donors (Lipinski definition) is 0. The SMILES string of the molecule is CCc1nc2scc(-c3cc(C)ccc3OC)c2c(=O)n1Cc1cccc(F)c1. The lowest BCUT2D eigenvalue weighted by atomic mass is 10.0. The molecule has 4 aromatic rings. The summed E-state index contributed by atoms with van der Waals surface area (Å²) in [7, 11) is 1.62. The molecule has 0 bridgehead atoms. The quantitative estimate of drug-likeness (QED) is 0.456. The molecule has 148 valence electrons. The van der Waals surface area contributed by atoms with Gasteiger partial charge in [0.1, 0.15) is 22.2 Å². The molecule has 4 rings (SSSR count). The van der Waals surface area contributed by atoms with Gasteiger partial charge < -0.3 is 4.74 Å². The van der Waals surface area contributed by atoms with Crippen LogP contribution in [0.5, 0.6) is 5.75 Å². The first-order valence-corrected chi connectivity index (χ1v) is 10.3. The molecule has 0 spiro atoms. The lowest BCUT2D eigenvalue weighted by molar-refractivity contribution is 0.416. The maximum Gasteiger partial charge on any atom is 0.263 e. The Labute approximate surface area is 172 Å². The summed E-state index contributed by atoms with van der Waals surface area (Å²) in [6.07, 6.45) is 0.613. The summed E-state index contributed by atoms with van der Waals surface area (Å²) in [4.78, 5) is 19.0. The Morgan fingerprint density at radius 1 is 1.17 bits per heavy atom. The summed E-state index contributed by atoms with van der Waals surface area (Å²) in [6.45, 7) is 4.25. The van der Waals surface area contributed by atoms with E-state index in [-0.39, 0.29) is 17.9 Å². The van der Waals surface area contributed by atoms with Crippen LogP contribution in [-0.2, 0) is 13.0 Å². The molecular formula is C23H21FN2O2S. The number of benzene rings is 2. The van der Waals surface area contributed by atoms with E-state index < -0.39 is 0 Å². The van der Waals surface area contributed by atoms with Crippen molar-refractivity contribution in [2.75, 3.05) is 7.11 Å². The average Bonchev–Trinajstić information content (AvgIpc) is 3.14. The number of rotatable bonds is 5. The van der Waals surface area contributed by atoms with Gasteiger partial charge in [0.25, 0.3) is 5.56 Å². The molecule has 0 atom stereocenters. The van der Waals surface area contributed by atoms with Gasteiger partial charge in [-0.25, -0.2) is 9.37 Å². The molecule has 2 aromatic heterocycles. The maximum absolute atomic E-state index is 13.6. The number of fused-ring (bicyclic) bond motifs is 1. The second kappa shape index (κ2) is 7.79. The van der Waals surface area contributed by atoms with Crippen LogP contribution in [-0.4, -0.2) is 16.7 Å². The number of ether oxygens (including phenoxy) is 1. The summed E-state index contributed by atoms with van der Waals surface area (Å²) in [5, 5.41) is 2.54. The van der Waals surface area contributed by atoms with Crippen LogP contribution in [0.4, 0.5) is 4.39 Å². The minimum absolute atomic E-state index is 0.115. The van der Waals surface area contributed by atoms with Crippen molar-refractivity contribution in [3.8, 4) is 16.9 Å². The highest BCUT2D eigenvalue weighted by Gasteiger charge is 2.19. The van der Waals surface area contributed by atoms with Crippen molar-refractivity contribution in [3.05, 3.63) is 81.0 Å². The largest absolute Gasteiger partial charge is 0.496 e. The topological polar surface area (TPSA) is 44.1 Å². The van der Waals surface area contributed by atoms with Gasteiger partial charge in [0, 0.05) is 22.9 Å². The predicted molar refractivity (Wildman–Crippen MR) is 115 cm³/mol. The standard InChI is InChI=1S/C23H21FN2O2S/c1-4-20-25-22-21(23(27)26(20)12-15-6-5-7-16(24)11-15)18(13-29-22)17-10-14(2)8-9-19(17)28-3/h5-11,13H,4,12H2,1-3H3. The molecule has 4 nitrogen and oxygen atoms in total. The zero-order valence-corrected chi connectivity index (χ0v) is 17.3. The molecule has 6 heteroatoms. The Kier molecular flexibility index (Phi) is 5.20. The number of halogens is 1. The Morgan fingerprint density at radius 3 is 2.72 bits per heavy atom. The zero-order valence-electron chi connectivity index (χ0n) is 16.5. The third kappa shape index (κ3) is 3.56. The average molecular weight is 408 g/mol. The lowest BCUT2D eigenvalue weighted by Gasteiger charge is -2.13. The first kappa shape index (κ1) is 19.3. The van der Waals surface area contributed by atoms with Crippen molar-refractivity contribution < 1.29 is 9.13 Å². The Hall–Kier alpha value is -2.99. The van der Waals surface area contributed by atoms with E-state index in [9.17, 15) is 9.18 Å². The van der Waals surface area contributed by atoms with E-state index in [1.54, 1.807) is 17.7 Å². The molecule has 0 saturated heterocycles. The van der Waals surface area contributed by atoms with Crippen molar-refractivity contribution in [2.24, 2.45) is 0 Å². The highest BCUT2D eigenvalue weighted by atomic mass is 32.1. The highest BCUT2D eigenvalue weighted by molar-refractivity contribution is 7.17. The van der Waals surface area contributed by atoms with Crippen LogP contribution in [0.3, 0.4) is 0 Å². The minimum Gasteiger partial charge on any atom is -0.496 e. The van der Waals surface area contributed by atoms with E-state index in [1.807, 2.05) is 43.5 Å². The molecule has 0 aliphatic rings. The molecule has 0 aliphatic carbocycles. The summed E-state index contributed by atoms with van der Waals surface area (Å²) >= 11 is 1.45. The molecule has 29 heavy (non-hydrogen) atoms. The second-order valence-corrected chi connectivity index (χ2v) is 7.79. The zero-order chi connectivity index (χ0) is 20.5. The fourth-order valence-corrected chi connectivity index (χ4v) is 4.50. The molecule has 0 amide bonds. The smallest absolute Gasteiger partial charge is 0.263 e. The van der Waals surface area contributed by atoms with Crippen LogP contribution in [0.1, 0.15) is 23.9 Å². The first-order chi connectivity index (χ1) is 14.0. The molecule has 2 aromatic carbocycles. The van der Waals surface area contributed by atoms with E-state index in [2.05, 4.69) is 0 Å². The van der Waals surface area contributed by atoms with Crippen LogP contribution in [0.2, 0.25) is 0 Å². The van der Waals surface area contributed by atoms with Gasteiger partial charge in [0.05, 0.1) is 19.0 Å². The van der Waals surface area contributed by atoms with Gasteiger partial charge in [0.15, 0.2) is 0 Å². The number of aryl methyl sites for hydroxylation is 2. The van der Waals surface area contributed by atoms with Gasteiger partial charge >= 0.3 is 0 Å². The summed E-state index contributed by atoms with van der Waals surface area (Å²) in [5.41, 5.74) is 3.39. The Morgan fingerprint density at radius 2 is 2.00 bits per heavy atom. The van der Waals surface area contributed by atoms with Crippen LogP contribution < -0.4 is 10.3 Å². The maximum atomic E-state index is 13.6. The summed E-state index contributed by atoms with van der Waals surface area (Å²) < 4.78 is 20.8. The second-order valence-electron chi connectivity index (χ2n) is 6.94. The molecular weight excluding hydrogens is 387 g/mol. The van der Waals surface area contributed by atoms with E-state index in [1.165, 1.54) is 23.5 Å². The van der Waals surface area contributed by atoms with Gasteiger partial charge in [-0.1, -0.05) is 30.7 Å². The van der Waals surface area contributed by atoms with Gasteiger partial charge in [-0.05, 0) is 36.8 Å². The van der Waals surface area contributed by atoms with E-state index >= 15 is 0 Å². The molecule has 0 fully saturated rings. The van der Waals surface area contributed by atoms with E-state index in [4.69, 9.17) is 9.72 Å². The van der Waals surface area contributed by atoms with Gasteiger partial charge in [-0.3, -0.25) is 9.36 Å². The van der Waals surface area contributed by atoms with Crippen molar-refractivity contribution in [2.45, 2.75) is 26.8 Å². The van der Waals surface area contributed by atoms with Crippen molar-refractivity contribution in [1.82, 2.24) is 9.55 Å². The molecule has 2 heterocycles. The van der Waals surface area contributed by atoms with Gasteiger partial charge in [-0.15, -0.1) is 11.3 Å². The third-order valence-corrected chi connectivity index (χ3v) is 5.84. The third-order valence-electron chi connectivity index (χ3n) is 4.96. The lowest BCUT2D eigenvalue weighted by Crippen LogP contribution is -2.25. The van der Waals surface area contributed by atoms with Crippen LogP contribution in [0.15, 0.2) is 52.6 Å². The number of nitrogens with zero attached hydrogens (tertiary/aromatic N) is 2. The Bertz CT molecular complexity index is 1260. The monoisotopic (exact) mass is 408 g/mol. The van der Waals surface area contributed by atoms with Crippen molar-refractivity contribution in [1.29, 1.82) is 0 Å². The summed E-state index contributed by atoms with van der Waals surface area (Å²) in [5.74, 6) is 1.09. The minimum atomic E-state index is -0.316. The molecule has 0 unspecified atom stereocenters. The fourth-order valence-electron chi connectivity index (χ4n) is 3.55. The first-order valence-electron chi connectivity index (χ1n) is 9.42. The predicted octanol–water partition coefficient (Wildman–Crippen LogP) is 5.19. The normalized spacial score (nSPS) is 11.2. The van der Waals surface area contributed by atoms with Crippen molar-refractivity contribution >= 4 is 21.6 Å². The Balaban J connectivity index is 1.95. The fraction of sp³-hybridized carbons (Fsp3) is 0.217. The molecule has 0 saturated carbocycles. The van der Waals surface area contributed by atoms with Crippen molar-refractivity contribution in [3.63, 3.8) is 0 Å². The van der Waals surface area contributed by atoms with E-state index in [0.717, 1.165) is 22.3 Å². The number of methoxy groups -OCH3 is 1.